The number of furan rings is 1. The van der Waals surface area contributed by atoms with Crippen molar-refractivity contribution in [2.24, 2.45) is 0 Å². The van der Waals surface area contributed by atoms with E-state index in [2.05, 4.69) is 29.6 Å². The van der Waals surface area contributed by atoms with E-state index in [-0.39, 0.29) is 23.6 Å². The topological polar surface area (TPSA) is 62.6 Å². The zero-order chi connectivity index (χ0) is 20.2. The van der Waals surface area contributed by atoms with E-state index in [1.807, 2.05) is 18.0 Å². The van der Waals surface area contributed by atoms with Gasteiger partial charge in [0.15, 0.2) is 5.76 Å². The zero-order valence-electron chi connectivity index (χ0n) is 16.3. The van der Waals surface area contributed by atoms with Gasteiger partial charge in [0, 0.05) is 13.1 Å². The van der Waals surface area contributed by atoms with Gasteiger partial charge in [-0.3, -0.25) is 9.59 Å². The van der Waals surface area contributed by atoms with Crippen molar-refractivity contribution >= 4 is 28.2 Å². The summed E-state index contributed by atoms with van der Waals surface area (Å²) in [6.07, 6.45) is 5.67. The van der Waals surface area contributed by atoms with Gasteiger partial charge < -0.3 is 14.6 Å². The minimum Gasteiger partial charge on any atom is -0.459 e. The van der Waals surface area contributed by atoms with E-state index in [4.69, 9.17) is 4.42 Å². The summed E-state index contributed by atoms with van der Waals surface area (Å²) in [6, 6.07) is 17.7. The summed E-state index contributed by atoms with van der Waals surface area (Å²) in [5, 5.41) is 3.41. The summed E-state index contributed by atoms with van der Waals surface area (Å²) in [7, 11) is 1.89. The number of benzene rings is 1. The molecule has 5 nitrogen and oxygen atoms in total. The van der Waals surface area contributed by atoms with Crippen LogP contribution in [0.5, 0.6) is 0 Å². The van der Waals surface area contributed by atoms with E-state index in [1.54, 1.807) is 24.3 Å². The minimum absolute atomic E-state index is 0.0108. The molecule has 3 aromatic rings. The third-order valence-electron chi connectivity index (χ3n) is 5.63. The van der Waals surface area contributed by atoms with Gasteiger partial charge >= 0.3 is 0 Å². The van der Waals surface area contributed by atoms with Crippen LogP contribution in [-0.4, -0.2) is 29.8 Å². The molecule has 6 heteroatoms. The van der Waals surface area contributed by atoms with E-state index >= 15 is 0 Å². The van der Waals surface area contributed by atoms with Crippen molar-refractivity contribution in [3.05, 3.63) is 77.1 Å². The first kappa shape index (κ1) is 19.5. The van der Waals surface area contributed by atoms with Gasteiger partial charge in [-0.2, -0.15) is 0 Å². The number of rotatable bonds is 5. The third kappa shape index (κ3) is 4.43. The van der Waals surface area contributed by atoms with Crippen LogP contribution in [0.2, 0.25) is 0 Å². The van der Waals surface area contributed by atoms with Crippen molar-refractivity contribution in [1.29, 1.82) is 0 Å². The maximum Gasteiger partial charge on any atom is 0.291 e. The van der Waals surface area contributed by atoms with Gasteiger partial charge in [0.25, 0.3) is 11.8 Å². The van der Waals surface area contributed by atoms with Crippen molar-refractivity contribution in [3.8, 4) is 0 Å². The molecule has 0 spiro atoms. The lowest BCUT2D eigenvalue weighted by molar-refractivity contribution is 0.0694. The Morgan fingerprint density at radius 3 is 2.45 bits per heavy atom. The summed E-state index contributed by atoms with van der Waals surface area (Å²) in [4.78, 5) is 27.5. The predicted octanol–water partition coefficient (Wildman–Crippen LogP) is 5.39. The highest BCUT2D eigenvalue weighted by molar-refractivity contribution is 7.18. The lowest BCUT2D eigenvalue weighted by Crippen LogP contribution is -2.38. The molecule has 1 aromatic carbocycles. The Balaban J connectivity index is 1.34. The van der Waals surface area contributed by atoms with Crippen LogP contribution in [0.1, 0.15) is 57.4 Å². The summed E-state index contributed by atoms with van der Waals surface area (Å²) in [5.74, 6) is 0.528. The van der Waals surface area contributed by atoms with E-state index < -0.39 is 0 Å². The normalized spacial score (nSPS) is 18.9. The number of nitrogens with zero attached hydrogens (tertiary/aromatic N) is 1. The summed E-state index contributed by atoms with van der Waals surface area (Å²) < 4.78 is 5.10. The van der Waals surface area contributed by atoms with Crippen LogP contribution in [0.25, 0.3) is 0 Å². The molecule has 150 valence electrons. The highest BCUT2D eigenvalue weighted by Gasteiger charge is 2.28. The number of hydrogen-bond donors (Lipinski definition) is 1. The van der Waals surface area contributed by atoms with Gasteiger partial charge in [0.1, 0.15) is 0 Å². The maximum atomic E-state index is 12.9. The Morgan fingerprint density at radius 1 is 1.00 bits per heavy atom. The molecule has 0 unspecified atom stereocenters. The van der Waals surface area contributed by atoms with Crippen LogP contribution in [0.4, 0.5) is 5.00 Å². The highest BCUT2D eigenvalue weighted by Crippen LogP contribution is 2.35. The second-order valence-electron chi connectivity index (χ2n) is 7.43. The standard InChI is InChI=1S/C23H24N2O3S/c1-25(18-11-9-17(10-12-18)16-6-3-2-4-7-16)23(27)20-13-14-21(29-20)24-22(26)19-8-5-15-28-19/h2-8,13-15,17-18H,9-12H2,1H3,(H,24,26). The molecule has 0 aliphatic heterocycles. The van der Waals surface area contributed by atoms with Gasteiger partial charge in [-0.15, -0.1) is 11.3 Å². The van der Waals surface area contributed by atoms with Gasteiger partial charge in [0.05, 0.1) is 16.1 Å². The molecule has 0 radical (unpaired) electrons. The number of carbonyl (C=O) groups is 2. The summed E-state index contributed by atoms with van der Waals surface area (Å²) >= 11 is 1.29. The van der Waals surface area contributed by atoms with E-state index in [9.17, 15) is 9.59 Å². The number of anilines is 1. The van der Waals surface area contributed by atoms with Gasteiger partial charge in [0.2, 0.25) is 0 Å². The highest BCUT2D eigenvalue weighted by atomic mass is 32.1. The fraction of sp³-hybridized carbons (Fsp3) is 0.304. The van der Waals surface area contributed by atoms with E-state index in [1.165, 1.54) is 23.2 Å². The Hall–Kier alpha value is -2.86. The van der Waals surface area contributed by atoms with E-state index in [0.29, 0.717) is 15.8 Å². The minimum atomic E-state index is -0.316. The molecule has 0 bridgehead atoms. The number of hydrogen-bond acceptors (Lipinski definition) is 4. The molecule has 0 saturated heterocycles. The van der Waals surface area contributed by atoms with Crippen molar-refractivity contribution in [3.63, 3.8) is 0 Å². The molecule has 29 heavy (non-hydrogen) atoms. The molecule has 4 rings (SSSR count). The quantitative estimate of drug-likeness (QED) is 0.615. The lowest BCUT2D eigenvalue weighted by atomic mass is 9.81. The SMILES string of the molecule is CN(C(=O)c1ccc(NC(=O)c2ccco2)s1)C1CCC(c2ccccc2)CC1. The van der Waals surface area contributed by atoms with Crippen molar-refractivity contribution in [2.45, 2.75) is 37.6 Å². The molecule has 2 aromatic heterocycles. The van der Waals surface area contributed by atoms with Gasteiger partial charge in [-0.25, -0.2) is 0 Å². The van der Waals surface area contributed by atoms with Crippen LogP contribution in [0, 0.1) is 0 Å². The van der Waals surface area contributed by atoms with Crippen molar-refractivity contribution in [2.75, 3.05) is 12.4 Å². The van der Waals surface area contributed by atoms with Gasteiger partial charge in [-0.1, -0.05) is 30.3 Å². The Morgan fingerprint density at radius 2 is 1.76 bits per heavy atom. The van der Waals surface area contributed by atoms with Crippen molar-refractivity contribution < 1.29 is 14.0 Å². The molecule has 1 N–H and O–H groups in total. The fourth-order valence-corrected chi connectivity index (χ4v) is 4.85. The number of carbonyl (C=O) groups excluding carboxylic acids is 2. The number of thiophene rings is 1. The smallest absolute Gasteiger partial charge is 0.291 e. The Labute approximate surface area is 174 Å². The van der Waals surface area contributed by atoms with E-state index in [0.717, 1.165) is 25.7 Å². The summed E-state index contributed by atoms with van der Waals surface area (Å²) in [5.41, 5.74) is 1.40. The predicted molar refractivity (Wildman–Crippen MR) is 115 cm³/mol. The molecule has 0 atom stereocenters. The lowest BCUT2D eigenvalue weighted by Gasteiger charge is -2.34. The van der Waals surface area contributed by atoms with Crippen LogP contribution < -0.4 is 5.32 Å². The molecular weight excluding hydrogens is 384 g/mol. The molecule has 2 amide bonds. The zero-order valence-corrected chi connectivity index (χ0v) is 17.2. The number of nitrogens with one attached hydrogen (secondary N) is 1. The Bertz CT molecular complexity index is 957. The second-order valence-corrected chi connectivity index (χ2v) is 8.51. The Kier molecular flexibility index (Phi) is 5.81. The van der Waals surface area contributed by atoms with Crippen LogP contribution in [0.3, 0.4) is 0 Å². The maximum absolute atomic E-state index is 12.9. The molecule has 1 saturated carbocycles. The molecule has 1 fully saturated rings. The molecule has 1 aliphatic rings. The first-order chi connectivity index (χ1) is 14.1. The van der Waals surface area contributed by atoms with Crippen LogP contribution in [-0.2, 0) is 0 Å². The number of amides is 2. The first-order valence-corrected chi connectivity index (χ1v) is 10.7. The van der Waals surface area contributed by atoms with Crippen LogP contribution >= 0.6 is 11.3 Å². The average molecular weight is 409 g/mol. The van der Waals surface area contributed by atoms with Crippen LogP contribution in [0.15, 0.2) is 65.3 Å². The van der Waals surface area contributed by atoms with Gasteiger partial charge in [-0.05, 0) is 61.4 Å². The summed E-state index contributed by atoms with van der Waals surface area (Å²) in [6.45, 7) is 0. The van der Waals surface area contributed by atoms with Crippen molar-refractivity contribution in [1.82, 2.24) is 4.90 Å². The second kappa shape index (κ2) is 8.66. The largest absolute Gasteiger partial charge is 0.459 e. The molecule has 2 heterocycles. The monoisotopic (exact) mass is 408 g/mol. The fourth-order valence-electron chi connectivity index (χ4n) is 3.96. The third-order valence-corrected chi connectivity index (χ3v) is 6.62. The average Bonchev–Trinajstić information content (AvgIpc) is 3.46. The molecular formula is C23H24N2O3S. The first-order valence-electron chi connectivity index (χ1n) is 9.88. The molecule has 1 aliphatic carbocycles.